The molecule has 0 spiro atoms. The molecule has 0 fully saturated rings. The van der Waals surface area contributed by atoms with E-state index in [9.17, 15) is 0 Å². The zero-order valence-electron chi connectivity index (χ0n) is 9.70. The summed E-state index contributed by atoms with van der Waals surface area (Å²) in [5.41, 5.74) is 3.04. The van der Waals surface area contributed by atoms with Gasteiger partial charge in [-0.05, 0) is 32.4 Å². The van der Waals surface area contributed by atoms with Crippen molar-refractivity contribution in [2.75, 3.05) is 18.0 Å². The van der Waals surface area contributed by atoms with Gasteiger partial charge in [0.05, 0.1) is 5.56 Å². The highest BCUT2D eigenvalue weighted by Gasteiger charge is 2.15. The van der Waals surface area contributed by atoms with Crippen LogP contribution in [0.3, 0.4) is 0 Å². The Kier molecular flexibility index (Phi) is 2.91. The van der Waals surface area contributed by atoms with Gasteiger partial charge in [0, 0.05) is 18.8 Å². The zero-order chi connectivity index (χ0) is 11.5. The Morgan fingerprint density at radius 1 is 1.38 bits per heavy atom. The van der Waals surface area contributed by atoms with Crippen LogP contribution in [0, 0.1) is 18.3 Å². The third-order valence-electron chi connectivity index (χ3n) is 2.87. The molecule has 0 saturated carbocycles. The molecule has 1 aliphatic heterocycles. The molecule has 0 bridgehead atoms. The van der Waals surface area contributed by atoms with Crippen LogP contribution in [0.25, 0.3) is 0 Å². The summed E-state index contributed by atoms with van der Waals surface area (Å²) < 4.78 is 0. The van der Waals surface area contributed by atoms with Gasteiger partial charge in [0.25, 0.3) is 0 Å². The van der Waals surface area contributed by atoms with Gasteiger partial charge in [-0.25, -0.2) is 4.98 Å². The molecule has 2 heterocycles. The van der Waals surface area contributed by atoms with E-state index in [0.717, 1.165) is 31.0 Å². The number of rotatable bonds is 1. The standard InChI is InChI=1S/C13H15N3/c1-10-5-7-16(8-6-10)13-12(9-14)4-3-11(2)15-13/h3-5H,6-8H2,1-2H3. The lowest BCUT2D eigenvalue weighted by atomic mass is 10.1. The van der Waals surface area contributed by atoms with Crippen molar-refractivity contribution in [2.24, 2.45) is 0 Å². The third kappa shape index (κ3) is 2.06. The van der Waals surface area contributed by atoms with Crippen molar-refractivity contribution in [2.45, 2.75) is 20.3 Å². The van der Waals surface area contributed by atoms with E-state index in [1.54, 1.807) is 0 Å². The van der Waals surface area contributed by atoms with Crippen LogP contribution < -0.4 is 4.90 Å². The van der Waals surface area contributed by atoms with E-state index in [1.807, 2.05) is 19.1 Å². The van der Waals surface area contributed by atoms with E-state index >= 15 is 0 Å². The summed E-state index contributed by atoms with van der Waals surface area (Å²) in [4.78, 5) is 6.63. The second-order valence-electron chi connectivity index (χ2n) is 4.18. The highest BCUT2D eigenvalue weighted by molar-refractivity contribution is 5.55. The number of nitriles is 1. The molecule has 0 radical (unpaired) electrons. The first kappa shape index (κ1) is 10.7. The number of hydrogen-bond acceptors (Lipinski definition) is 3. The zero-order valence-corrected chi connectivity index (χ0v) is 9.70. The smallest absolute Gasteiger partial charge is 0.147 e. The van der Waals surface area contributed by atoms with E-state index in [0.29, 0.717) is 5.56 Å². The van der Waals surface area contributed by atoms with E-state index < -0.39 is 0 Å². The van der Waals surface area contributed by atoms with Gasteiger partial charge >= 0.3 is 0 Å². The van der Waals surface area contributed by atoms with Gasteiger partial charge in [0.2, 0.25) is 0 Å². The minimum atomic E-state index is 0.665. The molecule has 0 unspecified atom stereocenters. The highest BCUT2D eigenvalue weighted by Crippen LogP contribution is 2.21. The average Bonchev–Trinajstić information content (AvgIpc) is 2.30. The third-order valence-corrected chi connectivity index (χ3v) is 2.87. The van der Waals surface area contributed by atoms with Crippen molar-refractivity contribution < 1.29 is 0 Å². The summed E-state index contributed by atoms with van der Waals surface area (Å²) in [5.74, 6) is 0.825. The van der Waals surface area contributed by atoms with Crippen LogP contribution in [0.5, 0.6) is 0 Å². The van der Waals surface area contributed by atoms with Gasteiger partial charge in [0.1, 0.15) is 11.9 Å². The number of aryl methyl sites for hydroxylation is 1. The molecule has 1 aromatic rings. The molecule has 0 N–H and O–H groups in total. The van der Waals surface area contributed by atoms with Gasteiger partial charge in [-0.2, -0.15) is 5.26 Å². The molecule has 3 nitrogen and oxygen atoms in total. The molecule has 82 valence electrons. The van der Waals surface area contributed by atoms with Crippen molar-refractivity contribution in [3.8, 4) is 6.07 Å². The van der Waals surface area contributed by atoms with E-state index in [1.165, 1.54) is 5.57 Å². The van der Waals surface area contributed by atoms with Crippen molar-refractivity contribution >= 4 is 5.82 Å². The number of anilines is 1. The Balaban J connectivity index is 2.33. The molecule has 0 saturated heterocycles. The fourth-order valence-corrected chi connectivity index (χ4v) is 1.83. The number of pyridine rings is 1. The van der Waals surface area contributed by atoms with E-state index in [-0.39, 0.29) is 0 Å². The molecule has 0 atom stereocenters. The molecule has 0 aliphatic carbocycles. The fourth-order valence-electron chi connectivity index (χ4n) is 1.83. The molecular weight excluding hydrogens is 198 g/mol. The lowest BCUT2D eigenvalue weighted by Gasteiger charge is -2.27. The Morgan fingerprint density at radius 2 is 2.19 bits per heavy atom. The Hall–Kier alpha value is -1.82. The number of hydrogen-bond donors (Lipinski definition) is 0. The van der Waals surface area contributed by atoms with Crippen molar-refractivity contribution in [3.05, 3.63) is 35.0 Å². The molecule has 3 heteroatoms. The lowest BCUT2D eigenvalue weighted by molar-refractivity contribution is 0.772. The topological polar surface area (TPSA) is 39.9 Å². The monoisotopic (exact) mass is 213 g/mol. The quantitative estimate of drug-likeness (QED) is 0.672. The molecule has 1 aliphatic rings. The summed E-state index contributed by atoms with van der Waals surface area (Å²) in [6, 6.07) is 5.94. The lowest BCUT2D eigenvalue weighted by Crippen LogP contribution is -2.29. The first-order valence-corrected chi connectivity index (χ1v) is 5.49. The average molecular weight is 213 g/mol. The van der Waals surface area contributed by atoms with Gasteiger partial charge < -0.3 is 4.90 Å². The minimum absolute atomic E-state index is 0.665. The maximum Gasteiger partial charge on any atom is 0.147 e. The fraction of sp³-hybridized carbons (Fsp3) is 0.385. The van der Waals surface area contributed by atoms with Crippen LogP contribution in [-0.2, 0) is 0 Å². The number of aromatic nitrogens is 1. The first-order chi connectivity index (χ1) is 7.70. The van der Waals surface area contributed by atoms with Gasteiger partial charge in [-0.15, -0.1) is 0 Å². The second kappa shape index (κ2) is 4.36. The van der Waals surface area contributed by atoms with Gasteiger partial charge in [0.15, 0.2) is 0 Å². The normalized spacial score (nSPS) is 15.6. The van der Waals surface area contributed by atoms with Crippen molar-refractivity contribution in [3.63, 3.8) is 0 Å². The Morgan fingerprint density at radius 3 is 2.81 bits per heavy atom. The minimum Gasteiger partial charge on any atom is -0.351 e. The van der Waals surface area contributed by atoms with Gasteiger partial charge in [-0.1, -0.05) is 11.6 Å². The largest absolute Gasteiger partial charge is 0.351 e. The second-order valence-corrected chi connectivity index (χ2v) is 4.18. The molecular formula is C13H15N3. The summed E-state index contributed by atoms with van der Waals surface area (Å²) in [6.45, 7) is 5.91. The highest BCUT2D eigenvalue weighted by atomic mass is 15.2. The van der Waals surface area contributed by atoms with Crippen LogP contribution in [-0.4, -0.2) is 18.1 Å². The molecule has 0 amide bonds. The first-order valence-electron chi connectivity index (χ1n) is 5.49. The van der Waals surface area contributed by atoms with Gasteiger partial charge in [-0.3, -0.25) is 0 Å². The van der Waals surface area contributed by atoms with Crippen molar-refractivity contribution in [1.82, 2.24) is 4.98 Å². The van der Waals surface area contributed by atoms with Crippen LogP contribution in [0.2, 0.25) is 0 Å². The summed E-state index contributed by atoms with van der Waals surface area (Å²) in [6.07, 6.45) is 3.26. The summed E-state index contributed by atoms with van der Waals surface area (Å²) >= 11 is 0. The maximum atomic E-state index is 9.06. The SMILES string of the molecule is CC1=CCN(c2nc(C)ccc2C#N)CC1. The summed E-state index contributed by atoms with van der Waals surface area (Å²) in [7, 11) is 0. The summed E-state index contributed by atoms with van der Waals surface area (Å²) in [5, 5.41) is 9.06. The molecule has 0 aromatic carbocycles. The molecule has 1 aromatic heterocycles. The predicted octanol–water partition coefficient (Wildman–Crippen LogP) is 2.42. The van der Waals surface area contributed by atoms with Crippen molar-refractivity contribution in [1.29, 1.82) is 5.26 Å². The van der Waals surface area contributed by atoms with Crippen LogP contribution in [0.15, 0.2) is 23.8 Å². The molecule has 2 rings (SSSR count). The number of nitrogens with zero attached hydrogens (tertiary/aromatic N) is 3. The van der Waals surface area contributed by atoms with Crippen LogP contribution in [0.1, 0.15) is 24.6 Å². The van der Waals surface area contributed by atoms with E-state index in [4.69, 9.17) is 5.26 Å². The Labute approximate surface area is 96.0 Å². The maximum absolute atomic E-state index is 9.06. The van der Waals surface area contributed by atoms with Crippen LogP contribution >= 0.6 is 0 Å². The van der Waals surface area contributed by atoms with Crippen LogP contribution in [0.4, 0.5) is 5.82 Å². The van der Waals surface area contributed by atoms with E-state index in [2.05, 4.69) is 29.0 Å². The Bertz CT molecular complexity index is 469. The molecule has 16 heavy (non-hydrogen) atoms. The predicted molar refractivity (Wildman–Crippen MR) is 64.3 cm³/mol.